The summed E-state index contributed by atoms with van der Waals surface area (Å²) in [5.74, 6) is -0.560. The Balaban J connectivity index is 0.910. The molecule has 2 amide bonds. The SMILES string of the molecule is CCc1cc(Nc2nccn3c(-c4ccc(OC)c(F)c4F)cnc23)ccc1C(=O)NCC1CC(NC(=O)C2CC[N+](C)(CC3CNC3)CC2)C1. The van der Waals surface area contributed by atoms with Crippen molar-refractivity contribution in [3.05, 3.63) is 71.7 Å². The first kappa shape index (κ1) is 34.8. The molecule has 0 atom stereocenters. The van der Waals surface area contributed by atoms with Crippen molar-refractivity contribution in [2.45, 2.75) is 45.1 Å². The maximum Gasteiger partial charge on any atom is 0.251 e. The van der Waals surface area contributed by atoms with E-state index in [-0.39, 0.29) is 35.1 Å². The second-order valence-electron chi connectivity index (χ2n) is 14.7. The van der Waals surface area contributed by atoms with Gasteiger partial charge in [0.15, 0.2) is 23.0 Å². The molecule has 0 bridgehead atoms. The highest BCUT2D eigenvalue weighted by Crippen LogP contribution is 2.33. The number of amides is 2. The Labute approximate surface area is 296 Å². The van der Waals surface area contributed by atoms with Gasteiger partial charge in [-0.05, 0) is 61.1 Å². The smallest absolute Gasteiger partial charge is 0.251 e. The number of hydrogen-bond acceptors (Lipinski definition) is 7. The third-order valence-electron chi connectivity index (χ3n) is 11.1. The topological polar surface area (TPSA) is 122 Å². The fourth-order valence-corrected chi connectivity index (χ4v) is 7.82. The number of ether oxygens (including phenoxy) is 1. The van der Waals surface area contributed by atoms with Crippen LogP contribution in [-0.4, -0.2) is 90.1 Å². The molecule has 2 aromatic carbocycles. The van der Waals surface area contributed by atoms with Crippen molar-refractivity contribution in [1.29, 1.82) is 0 Å². The Bertz CT molecular complexity index is 1910. The number of imidazole rings is 1. The maximum absolute atomic E-state index is 14.9. The first-order chi connectivity index (χ1) is 24.6. The summed E-state index contributed by atoms with van der Waals surface area (Å²) in [6.45, 7) is 8.16. The molecule has 0 unspecified atom stereocenters. The van der Waals surface area contributed by atoms with Crippen LogP contribution in [0.3, 0.4) is 0 Å². The number of benzene rings is 2. The normalized spacial score (nSPS) is 23.3. The molecule has 270 valence electrons. The lowest BCUT2D eigenvalue weighted by molar-refractivity contribution is -0.918. The van der Waals surface area contributed by atoms with Crippen LogP contribution >= 0.6 is 0 Å². The van der Waals surface area contributed by atoms with E-state index in [2.05, 4.69) is 38.3 Å². The molecule has 0 radical (unpaired) electrons. The molecule has 4 aromatic rings. The number of aryl methyl sites for hydroxylation is 1. The minimum absolute atomic E-state index is 0.0442. The molecule has 11 nitrogen and oxygen atoms in total. The van der Waals surface area contributed by atoms with Gasteiger partial charge in [-0.25, -0.2) is 14.4 Å². The number of halogens is 2. The molecule has 2 saturated heterocycles. The van der Waals surface area contributed by atoms with Gasteiger partial charge in [-0.3, -0.25) is 14.0 Å². The van der Waals surface area contributed by atoms with Crippen molar-refractivity contribution in [1.82, 2.24) is 30.3 Å². The molecular formula is C38H47F2N8O3+. The number of anilines is 2. The highest BCUT2D eigenvalue weighted by molar-refractivity contribution is 5.96. The van der Waals surface area contributed by atoms with E-state index in [1.165, 1.54) is 32.0 Å². The molecule has 51 heavy (non-hydrogen) atoms. The fraction of sp³-hybridized carbons (Fsp3) is 0.474. The lowest BCUT2D eigenvalue weighted by Gasteiger charge is -2.44. The van der Waals surface area contributed by atoms with Crippen LogP contribution in [0.2, 0.25) is 0 Å². The number of carbonyl (C=O) groups is 2. The van der Waals surface area contributed by atoms with Gasteiger partial charge in [-0.15, -0.1) is 0 Å². The van der Waals surface area contributed by atoms with Crippen molar-refractivity contribution >= 4 is 29.0 Å². The molecular weight excluding hydrogens is 654 g/mol. The third-order valence-corrected chi connectivity index (χ3v) is 11.1. The van der Waals surface area contributed by atoms with Crippen molar-refractivity contribution in [2.24, 2.45) is 17.8 Å². The average molecular weight is 702 g/mol. The Morgan fingerprint density at radius 3 is 2.55 bits per heavy atom. The van der Waals surface area contributed by atoms with E-state index in [1.807, 2.05) is 19.1 Å². The van der Waals surface area contributed by atoms with Crippen LogP contribution in [-0.2, 0) is 11.2 Å². The zero-order chi connectivity index (χ0) is 35.7. The first-order valence-corrected chi connectivity index (χ1v) is 18.0. The number of carbonyl (C=O) groups excluding carboxylic acids is 2. The summed E-state index contributed by atoms with van der Waals surface area (Å²) in [6.07, 6.45) is 8.94. The second-order valence-corrected chi connectivity index (χ2v) is 14.7. The quantitative estimate of drug-likeness (QED) is 0.158. The number of quaternary nitrogens is 1. The van der Waals surface area contributed by atoms with E-state index in [1.54, 1.807) is 22.9 Å². The number of nitrogens with zero attached hydrogens (tertiary/aromatic N) is 4. The Morgan fingerprint density at radius 1 is 1.06 bits per heavy atom. The lowest BCUT2D eigenvalue weighted by Crippen LogP contribution is -2.59. The lowest BCUT2D eigenvalue weighted by atomic mass is 9.79. The van der Waals surface area contributed by atoms with Crippen molar-refractivity contribution < 1.29 is 27.6 Å². The molecule has 3 aliphatic rings. The van der Waals surface area contributed by atoms with Crippen LogP contribution < -0.4 is 26.0 Å². The van der Waals surface area contributed by atoms with Gasteiger partial charge in [-0.2, -0.15) is 4.39 Å². The van der Waals surface area contributed by atoms with E-state index < -0.39 is 11.6 Å². The largest absolute Gasteiger partial charge is 0.494 e. The van der Waals surface area contributed by atoms with E-state index in [0.717, 1.165) is 67.8 Å². The van der Waals surface area contributed by atoms with Crippen LogP contribution in [0.25, 0.3) is 16.9 Å². The van der Waals surface area contributed by atoms with Gasteiger partial charge in [-0.1, -0.05) is 6.92 Å². The molecule has 1 aliphatic carbocycles. The van der Waals surface area contributed by atoms with E-state index in [0.29, 0.717) is 47.3 Å². The van der Waals surface area contributed by atoms with Crippen molar-refractivity contribution in [2.75, 3.05) is 58.7 Å². The molecule has 2 aliphatic heterocycles. The van der Waals surface area contributed by atoms with E-state index >= 15 is 0 Å². The molecule has 4 N–H and O–H groups in total. The van der Waals surface area contributed by atoms with Crippen LogP contribution in [0, 0.1) is 29.4 Å². The molecule has 7 rings (SSSR count). The van der Waals surface area contributed by atoms with Gasteiger partial charge in [0.2, 0.25) is 11.7 Å². The number of methoxy groups -OCH3 is 1. The Kier molecular flexibility index (Phi) is 9.93. The number of nitrogens with one attached hydrogen (secondary N) is 4. The summed E-state index contributed by atoms with van der Waals surface area (Å²) >= 11 is 0. The van der Waals surface area contributed by atoms with Gasteiger partial charge >= 0.3 is 0 Å². The van der Waals surface area contributed by atoms with Gasteiger partial charge in [0.1, 0.15) is 0 Å². The number of hydrogen-bond donors (Lipinski definition) is 4. The number of piperidine rings is 1. The minimum atomic E-state index is -1.07. The zero-order valence-corrected chi connectivity index (χ0v) is 29.5. The Morgan fingerprint density at radius 2 is 1.84 bits per heavy atom. The van der Waals surface area contributed by atoms with Gasteiger partial charge in [0.25, 0.3) is 5.91 Å². The first-order valence-electron chi connectivity index (χ1n) is 18.0. The van der Waals surface area contributed by atoms with E-state index in [4.69, 9.17) is 4.74 Å². The highest BCUT2D eigenvalue weighted by atomic mass is 19.2. The number of rotatable bonds is 12. The maximum atomic E-state index is 14.9. The predicted octanol–water partition coefficient (Wildman–Crippen LogP) is 4.69. The monoisotopic (exact) mass is 701 g/mol. The van der Waals surface area contributed by atoms with Crippen LogP contribution in [0.1, 0.15) is 48.5 Å². The molecule has 4 heterocycles. The molecule has 0 spiro atoms. The van der Waals surface area contributed by atoms with Crippen LogP contribution in [0.15, 0.2) is 48.9 Å². The summed E-state index contributed by atoms with van der Waals surface area (Å²) in [5, 5.41) is 13.0. The van der Waals surface area contributed by atoms with Crippen LogP contribution in [0.4, 0.5) is 20.3 Å². The molecule has 3 fully saturated rings. The van der Waals surface area contributed by atoms with Crippen molar-refractivity contribution in [3.63, 3.8) is 0 Å². The number of fused-ring (bicyclic) bond motifs is 1. The highest BCUT2D eigenvalue weighted by Gasteiger charge is 2.38. The zero-order valence-electron chi connectivity index (χ0n) is 29.5. The predicted molar refractivity (Wildman–Crippen MR) is 191 cm³/mol. The second kappa shape index (κ2) is 14.5. The van der Waals surface area contributed by atoms with Crippen LogP contribution in [0.5, 0.6) is 5.75 Å². The third kappa shape index (κ3) is 7.27. The molecule has 13 heteroatoms. The van der Waals surface area contributed by atoms with Gasteiger partial charge in [0.05, 0.1) is 45.7 Å². The molecule has 1 saturated carbocycles. The number of likely N-dealkylation sites (tertiary alicyclic amines) is 1. The summed E-state index contributed by atoms with van der Waals surface area (Å²) < 4.78 is 37.0. The van der Waals surface area contributed by atoms with E-state index in [9.17, 15) is 18.4 Å². The standard InChI is InChI=1S/C38H46F2N8O3/c1-4-25-17-27(45-35-36-43-21-31(47(36)12-11-42-35)30-7-8-32(51-3)34(40)33(30)39)5-6-29(25)38(50)44-20-23-15-28(16-23)46-37(49)26-9-13-48(2,14-10-26)22-24-18-41-19-24/h5-8,11-12,17,21,23-24,26,28,41H,4,9-10,13-16,18-20,22H2,1-3H3,(H2-,42,44,45,46,49,50)/p+1. The Hall–Kier alpha value is -4.62. The molecule has 2 aromatic heterocycles. The van der Waals surface area contributed by atoms with Gasteiger partial charge < -0.3 is 30.5 Å². The summed E-state index contributed by atoms with van der Waals surface area (Å²) in [6, 6.07) is 8.53. The average Bonchev–Trinajstić information content (AvgIpc) is 3.53. The summed E-state index contributed by atoms with van der Waals surface area (Å²) in [7, 11) is 3.62. The van der Waals surface area contributed by atoms with Crippen molar-refractivity contribution in [3.8, 4) is 17.0 Å². The fourth-order valence-electron chi connectivity index (χ4n) is 7.82. The summed E-state index contributed by atoms with van der Waals surface area (Å²) in [5.41, 5.74) is 3.02. The summed E-state index contributed by atoms with van der Waals surface area (Å²) in [4.78, 5) is 35.1. The number of aromatic nitrogens is 3. The van der Waals surface area contributed by atoms with Gasteiger partial charge in [0, 0.05) is 79.6 Å². The minimum Gasteiger partial charge on any atom is -0.494 e.